The van der Waals surface area contributed by atoms with Gasteiger partial charge in [0.05, 0.1) is 15.9 Å². The topological polar surface area (TPSA) is 53.1 Å². The minimum Gasteiger partial charge on any atom is -0.487 e. The van der Waals surface area contributed by atoms with Gasteiger partial charge in [-0.2, -0.15) is 5.10 Å². The SMILES string of the molecule is CCc1nn(C)c(COc2ccccc2C(C)N)c1Br. The first-order chi connectivity index (χ1) is 9.54. The first kappa shape index (κ1) is 15.1. The Hall–Kier alpha value is -1.33. The van der Waals surface area contributed by atoms with Gasteiger partial charge in [-0.25, -0.2) is 0 Å². The van der Waals surface area contributed by atoms with Crippen LogP contribution in [0.1, 0.15) is 36.8 Å². The number of halogens is 1. The second kappa shape index (κ2) is 6.41. The molecule has 0 bridgehead atoms. The van der Waals surface area contributed by atoms with Crippen molar-refractivity contribution in [2.24, 2.45) is 12.8 Å². The molecular formula is C15H20BrN3O. The number of para-hydroxylation sites is 1. The van der Waals surface area contributed by atoms with E-state index in [0.29, 0.717) is 6.61 Å². The third kappa shape index (κ3) is 3.04. The Morgan fingerprint density at radius 2 is 2.10 bits per heavy atom. The van der Waals surface area contributed by atoms with Gasteiger partial charge in [0.2, 0.25) is 0 Å². The highest BCUT2D eigenvalue weighted by atomic mass is 79.9. The van der Waals surface area contributed by atoms with Crippen LogP contribution in [0.4, 0.5) is 0 Å². The van der Waals surface area contributed by atoms with Gasteiger partial charge in [-0.3, -0.25) is 4.68 Å². The van der Waals surface area contributed by atoms with Gasteiger partial charge in [-0.15, -0.1) is 0 Å². The first-order valence-corrected chi connectivity index (χ1v) is 7.51. The number of nitrogens with two attached hydrogens (primary N) is 1. The maximum atomic E-state index is 5.96. The fourth-order valence-electron chi connectivity index (χ4n) is 2.11. The highest BCUT2D eigenvalue weighted by Gasteiger charge is 2.14. The zero-order valence-electron chi connectivity index (χ0n) is 12.1. The van der Waals surface area contributed by atoms with Crippen molar-refractivity contribution in [2.45, 2.75) is 32.9 Å². The van der Waals surface area contributed by atoms with Crippen LogP contribution in [0.15, 0.2) is 28.7 Å². The van der Waals surface area contributed by atoms with E-state index in [4.69, 9.17) is 10.5 Å². The number of ether oxygens (including phenoxy) is 1. The summed E-state index contributed by atoms with van der Waals surface area (Å²) in [7, 11) is 1.93. The summed E-state index contributed by atoms with van der Waals surface area (Å²) >= 11 is 3.60. The van der Waals surface area contributed by atoms with E-state index in [-0.39, 0.29) is 6.04 Å². The molecule has 0 amide bonds. The normalized spacial score (nSPS) is 12.4. The van der Waals surface area contributed by atoms with Gasteiger partial charge in [0.25, 0.3) is 0 Å². The van der Waals surface area contributed by atoms with Gasteiger partial charge in [0.15, 0.2) is 0 Å². The molecule has 1 aromatic carbocycles. The standard InChI is InChI=1S/C15H20BrN3O/c1-4-12-15(16)13(19(3)18-12)9-20-14-8-6-5-7-11(14)10(2)17/h5-8,10H,4,9,17H2,1-3H3. The van der Waals surface area contributed by atoms with Crippen molar-refractivity contribution in [3.63, 3.8) is 0 Å². The van der Waals surface area contributed by atoms with Crippen LogP contribution in [0.25, 0.3) is 0 Å². The quantitative estimate of drug-likeness (QED) is 0.910. The Labute approximate surface area is 128 Å². The molecule has 2 N–H and O–H groups in total. The minimum absolute atomic E-state index is 0.0487. The zero-order valence-corrected chi connectivity index (χ0v) is 13.6. The molecule has 0 aliphatic rings. The highest BCUT2D eigenvalue weighted by molar-refractivity contribution is 9.10. The molecule has 0 saturated heterocycles. The summed E-state index contributed by atoms with van der Waals surface area (Å²) < 4.78 is 8.82. The number of benzene rings is 1. The number of aryl methyl sites for hydroxylation is 2. The molecule has 0 radical (unpaired) electrons. The van der Waals surface area contributed by atoms with E-state index < -0.39 is 0 Å². The molecule has 2 rings (SSSR count). The van der Waals surface area contributed by atoms with E-state index in [9.17, 15) is 0 Å². The Kier molecular flexibility index (Phi) is 4.83. The molecule has 4 nitrogen and oxygen atoms in total. The van der Waals surface area contributed by atoms with Crippen molar-refractivity contribution >= 4 is 15.9 Å². The lowest BCUT2D eigenvalue weighted by molar-refractivity contribution is 0.290. The van der Waals surface area contributed by atoms with Crippen molar-refractivity contribution in [1.29, 1.82) is 0 Å². The molecule has 0 aliphatic heterocycles. The molecule has 0 aliphatic carbocycles. The molecular weight excluding hydrogens is 318 g/mol. The lowest BCUT2D eigenvalue weighted by Crippen LogP contribution is -2.09. The molecule has 0 spiro atoms. The molecule has 2 aromatic rings. The van der Waals surface area contributed by atoms with Crippen LogP contribution >= 0.6 is 15.9 Å². The highest BCUT2D eigenvalue weighted by Crippen LogP contribution is 2.26. The van der Waals surface area contributed by atoms with Crippen LogP contribution < -0.4 is 10.5 Å². The van der Waals surface area contributed by atoms with E-state index in [2.05, 4.69) is 28.0 Å². The number of hydrogen-bond acceptors (Lipinski definition) is 3. The number of aromatic nitrogens is 2. The fraction of sp³-hybridized carbons (Fsp3) is 0.400. The van der Waals surface area contributed by atoms with Gasteiger partial charge >= 0.3 is 0 Å². The summed E-state index contributed by atoms with van der Waals surface area (Å²) in [6.45, 7) is 4.51. The maximum absolute atomic E-state index is 5.96. The predicted molar refractivity (Wildman–Crippen MR) is 83.7 cm³/mol. The predicted octanol–water partition coefficient (Wildman–Crippen LogP) is 3.34. The minimum atomic E-state index is -0.0487. The Bertz CT molecular complexity index is 593. The smallest absolute Gasteiger partial charge is 0.131 e. The molecule has 1 heterocycles. The molecule has 1 aromatic heterocycles. The number of hydrogen-bond donors (Lipinski definition) is 1. The van der Waals surface area contributed by atoms with Crippen LogP contribution in [0.5, 0.6) is 5.75 Å². The second-order valence-electron chi connectivity index (χ2n) is 4.80. The molecule has 20 heavy (non-hydrogen) atoms. The monoisotopic (exact) mass is 337 g/mol. The number of rotatable bonds is 5. The molecule has 0 fully saturated rings. The fourth-order valence-corrected chi connectivity index (χ4v) is 2.84. The molecule has 5 heteroatoms. The Balaban J connectivity index is 2.19. The third-order valence-corrected chi connectivity index (χ3v) is 4.19. The molecule has 0 saturated carbocycles. The Morgan fingerprint density at radius 3 is 2.70 bits per heavy atom. The Morgan fingerprint density at radius 1 is 1.40 bits per heavy atom. The summed E-state index contributed by atoms with van der Waals surface area (Å²) in [5.74, 6) is 0.827. The summed E-state index contributed by atoms with van der Waals surface area (Å²) in [6.07, 6.45) is 0.894. The van der Waals surface area contributed by atoms with Gasteiger partial charge in [0.1, 0.15) is 12.4 Å². The van der Waals surface area contributed by atoms with E-state index in [0.717, 1.165) is 33.6 Å². The van der Waals surface area contributed by atoms with Crippen molar-refractivity contribution < 1.29 is 4.74 Å². The summed E-state index contributed by atoms with van der Waals surface area (Å²) in [6, 6.07) is 7.82. The van der Waals surface area contributed by atoms with Crippen LogP contribution in [0.3, 0.4) is 0 Å². The average Bonchev–Trinajstić information content (AvgIpc) is 2.71. The van der Waals surface area contributed by atoms with Crippen LogP contribution in [0, 0.1) is 0 Å². The first-order valence-electron chi connectivity index (χ1n) is 6.72. The second-order valence-corrected chi connectivity index (χ2v) is 5.59. The van der Waals surface area contributed by atoms with E-state index in [1.165, 1.54) is 0 Å². The number of nitrogens with zero attached hydrogens (tertiary/aromatic N) is 2. The summed E-state index contributed by atoms with van der Waals surface area (Å²) in [5, 5.41) is 4.46. The van der Waals surface area contributed by atoms with E-state index >= 15 is 0 Å². The van der Waals surface area contributed by atoms with E-state index in [1.54, 1.807) is 0 Å². The third-order valence-electron chi connectivity index (χ3n) is 3.28. The van der Waals surface area contributed by atoms with Gasteiger partial charge in [-0.1, -0.05) is 25.1 Å². The zero-order chi connectivity index (χ0) is 14.7. The van der Waals surface area contributed by atoms with Crippen LogP contribution in [-0.2, 0) is 20.1 Å². The lowest BCUT2D eigenvalue weighted by atomic mass is 10.1. The molecule has 108 valence electrons. The van der Waals surface area contributed by atoms with Crippen molar-refractivity contribution in [3.8, 4) is 5.75 Å². The van der Waals surface area contributed by atoms with Gasteiger partial charge < -0.3 is 10.5 Å². The molecule has 1 atom stereocenters. The lowest BCUT2D eigenvalue weighted by Gasteiger charge is -2.14. The van der Waals surface area contributed by atoms with Crippen molar-refractivity contribution in [2.75, 3.05) is 0 Å². The van der Waals surface area contributed by atoms with Crippen LogP contribution in [0.2, 0.25) is 0 Å². The van der Waals surface area contributed by atoms with Crippen molar-refractivity contribution in [1.82, 2.24) is 9.78 Å². The van der Waals surface area contributed by atoms with Crippen LogP contribution in [-0.4, -0.2) is 9.78 Å². The summed E-state index contributed by atoms with van der Waals surface area (Å²) in [5.41, 5.74) is 9.05. The van der Waals surface area contributed by atoms with E-state index in [1.807, 2.05) is 42.9 Å². The largest absolute Gasteiger partial charge is 0.487 e. The maximum Gasteiger partial charge on any atom is 0.131 e. The van der Waals surface area contributed by atoms with Gasteiger partial charge in [0, 0.05) is 18.7 Å². The summed E-state index contributed by atoms with van der Waals surface area (Å²) in [4.78, 5) is 0. The van der Waals surface area contributed by atoms with Gasteiger partial charge in [-0.05, 0) is 35.3 Å². The molecule has 1 unspecified atom stereocenters. The average molecular weight is 338 g/mol. The van der Waals surface area contributed by atoms with Crippen molar-refractivity contribution in [3.05, 3.63) is 45.7 Å².